The maximum atomic E-state index is 9.60. The molecule has 1 aliphatic carbocycles. The van der Waals surface area contributed by atoms with Crippen LogP contribution in [0, 0.1) is 5.41 Å². The molecule has 1 aliphatic rings. The van der Waals surface area contributed by atoms with Gasteiger partial charge in [-0.3, -0.25) is 4.98 Å². The molecule has 76 valence electrons. The van der Waals surface area contributed by atoms with E-state index in [0.29, 0.717) is 0 Å². The molecule has 14 heavy (non-hydrogen) atoms. The van der Waals surface area contributed by atoms with Crippen LogP contribution in [0.4, 0.5) is 0 Å². The van der Waals surface area contributed by atoms with E-state index < -0.39 is 0 Å². The quantitative estimate of drug-likeness (QED) is 0.791. The van der Waals surface area contributed by atoms with Crippen LogP contribution in [0.1, 0.15) is 31.9 Å². The van der Waals surface area contributed by atoms with Crippen LogP contribution in [-0.2, 0) is 6.42 Å². The predicted octanol–water partition coefficient (Wildman–Crippen LogP) is 2.18. The number of aliphatic hydroxyl groups is 1. The van der Waals surface area contributed by atoms with Gasteiger partial charge in [-0.05, 0) is 50.2 Å². The van der Waals surface area contributed by atoms with Crippen LogP contribution in [-0.4, -0.2) is 16.2 Å². The molecule has 0 amide bonds. The van der Waals surface area contributed by atoms with Crippen LogP contribution >= 0.6 is 0 Å². The number of hydrogen-bond donors (Lipinski definition) is 1. The van der Waals surface area contributed by atoms with Gasteiger partial charge in [0.2, 0.25) is 0 Å². The van der Waals surface area contributed by atoms with Gasteiger partial charge in [-0.1, -0.05) is 6.07 Å². The Morgan fingerprint density at radius 3 is 2.79 bits per heavy atom. The number of rotatable bonds is 4. The number of pyridine rings is 1. The molecule has 1 atom stereocenters. The molecule has 2 nitrogen and oxygen atoms in total. The van der Waals surface area contributed by atoms with Crippen molar-refractivity contribution in [1.82, 2.24) is 4.98 Å². The second-order valence-electron chi connectivity index (χ2n) is 4.36. The Morgan fingerprint density at radius 1 is 1.50 bits per heavy atom. The number of hydrogen-bond acceptors (Lipinski definition) is 2. The summed E-state index contributed by atoms with van der Waals surface area (Å²) in [6.45, 7) is 1.91. The Balaban J connectivity index is 1.89. The van der Waals surface area contributed by atoms with Crippen LogP contribution in [0.2, 0.25) is 0 Å². The van der Waals surface area contributed by atoms with Crippen molar-refractivity contribution in [3.63, 3.8) is 0 Å². The van der Waals surface area contributed by atoms with Crippen molar-refractivity contribution in [1.29, 1.82) is 0 Å². The normalized spacial score (nSPS) is 20.4. The van der Waals surface area contributed by atoms with E-state index in [1.165, 1.54) is 12.8 Å². The third-order valence-corrected chi connectivity index (χ3v) is 3.38. The third kappa shape index (κ3) is 1.95. The van der Waals surface area contributed by atoms with E-state index >= 15 is 0 Å². The lowest BCUT2D eigenvalue weighted by Crippen LogP contribution is -2.18. The average molecular weight is 191 g/mol. The van der Waals surface area contributed by atoms with Crippen molar-refractivity contribution >= 4 is 0 Å². The molecular formula is C12H17NO. The molecule has 1 aromatic heterocycles. The topological polar surface area (TPSA) is 33.1 Å². The first kappa shape index (κ1) is 9.66. The number of aliphatic hydroxyl groups excluding tert-OH is 1. The lowest BCUT2D eigenvalue weighted by Gasteiger charge is -2.17. The summed E-state index contributed by atoms with van der Waals surface area (Å²) < 4.78 is 0. The van der Waals surface area contributed by atoms with Crippen molar-refractivity contribution < 1.29 is 5.11 Å². The standard InChI is InChI=1S/C12H17NO/c1-10(14)12(7-8-12)6-5-11-4-2-3-9-13-11/h2-4,9-10,14H,5-8H2,1H3. The Bertz CT molecular complexity index is 290. The minimum Gasteiger partial charge on any atom is -0.393 e. The van der Waals surface area contributed by atoms with Gasteiger partial charge >= 0.3 is 0 Å². The number of aryl methyl sites for hydroxylation is 1. The molecule has 1 aromatic rings. The third-order valence-electron chi connectivity index (χ3n) is 3.38. The van der Waals surface area contributed by atoms with E-state index in [0.717, 1.165) is 18.5 Å². The summed E-state index contributed by atoms with van der Waals surface area (Å²) in [4.78, 5) is 4.29. The van der Waals surface area contributed by atoms with Crippen LogP contribution in [0.5, 0.6) is 0 Å². The van der Waals surface area contributed by atoms with Gasteiger partial charge in [0.1, 0.15) is 0 Å². The minimum atomic E-state index is -0.161. The fourth-order valence-corrected chi connectivity index (χ4v) is 1.96. The summed E-state index contributed by atoms with van der Waals surface area (Å²) in [6.07, 6.45) is 6.09. The monoisotopic (exact) mass is 191 g/mol. The molecule has 1 fully saturated rings. The van der Waals surface area contributed by atoms with Gasteiger partial charge in [0, 0.05) is 11.9 Å². The first-order valence-electron chi connectivity index (χ1n) is 5.31. The molecule has 0 aromatic carbocycles. The summed E-state index contributed by atoms with van der Waals surface area (Å²) in [5, 5.41) is 9.60. The molecule has 0 aliphatic heterocycles. The Hall–Kier alpha value is -0.890. The van der Waals surface area contributed by atoms with E-state index in [2.05, 4.69) is 11.1 Å². The van der Waals surface area contributed by atoms with E-state index in [1.807, 2.05) is 25.3 Å². The molecule has 1 saturated carbocycles. The molecule has 2 heteroatoms. The van der Waals surface area contributed by atoms with E-state index in [-0.39, 0.29) is 11.5 Å². The number of aromatic nitrogens is 1. The van der Waals surface area contributed by atoms with Crippen LogP contribution in [0.3, 0.4) is 0 Å². The molecule has 0 radical (unpaired) electrons. The van der Waals surface area contributed by atoms with Crippen molar-refractivity contribution in [3.05, 3.63) is 30.1 Å². The van der Waals surface area contributed by atoms with Gasteiger partial charge < -0.3 is 5.11 Å². The second kappa shape index (κ2) is 3.70. The molecular weight excluding hydrogens is 174 g/mol. The Morgan fingerprint density at radius 2 is 2.29 bits per heavy atom. The highest BCUT2D eigenvalue weighted by atomic mass is 16.3. The van der Waals surface area contributed by atoms with Gasteiger partial charge in [0.05, 0.1) is 6.10 Å². The zero-order chi connectivity index (χ0) is 10.0. The summed E-state index contributed by atoms with van der Waals surface area (Å²) in [6, 6.07) is 6.01. The lowest BCUT2D eigenvalue weighted by molar-refractivity contribution is 0.105. The number of nitrogens with zero attached hydrogens (tertiary/aromatic N) is 1. The first-order valence-corrected chi connectivity index (χ1v) is 5.31. The van der Waals surface area contributed by atoms with Gasteiger partial charge in [-0.25, -0.2) is 0 Å². The van der Waals surface area contributed by atoms with Crippen molar-refractivity contribution in [2.45, 2.75) is 38.7 Å². The smallest absolute Gasteiger partial charge is 0.0568 e. The maximum absolute atomic E-state index is 9.60. The summed E-state index contributed by atoms with van der Waals surface area (Å²) >= 11 is 0. The van der Waals surface area contributed by atoms with Gasteiger partial charge in [-0.2, -0.15) is 0 Å². The fourth-order valence-electron chi connectivity index (χ4n) is 1.96. The molecule has 0 bridgehead atoms. The minimum absolute atomic E-state index is 0.161. The molecule has 0 spiro atoms. The Labute approximate surface area is 85.0 Å². The molecule has 2 rings (SSSR count). The van der Waals surface area contributed by atoms with Gasteiger partial charge in [0.25, 0.3) is 0 Å². The lowest BCUT2D eigenvalue weighted by atomic mass is 9.93. The highest BCUT2D eigenvalue weighted by molar-refractivity contribution is 5.06. The zero-order valence-electron chi connectivity index (χ0n) is 8.61. The predicted molar refractivity (Wildman–Crippen MR) is 55.9 cm³/mol. The van der Waals surface area contributed by atoms with Crippen molar-refractivity contribution in [2.24, 2.45) is 5.41 Å². The van der Waals surface area contributed by atoms with Crippen molar-refractivity contribution in [3.8, 4) is 0 Å². The average Bonchev–Trinajstić information content (AvgIpc) is 2.97. The van der Waals surface area contributed by atoms with E-state index in [4.69, 9.17) is 0 Å². The van der Waals surface area contributed by atoms with E-state index in [9.17, 15) is 5.11 Å². The second-order valence-corrected chi connectivity index (χ2v) is 4.36. The summed E-state index contributed by atoms with van der Waals surface area (Å²) in [5.41, 5.74) is 1.36. The molecule has 1 N–H and O–H groups in total. The van der Waals surface area contributed by atoms with Crippen LogP contribution in [0.15, 0.2) is 24.4 Å². The fraction of sp³-hybridized carbons (Fsp3) is 0.583. The van der Waals surface area contributed by atoms with E-state index in [1.54, 1.807) is 0 Å². The zero-order valence-corrected chi connectivity index (χ0v) is 8.61. The van der Waals surface area contributed by atoms with Crippen LogP contribution in [0.25, 0.3) is 0 Å². The highest BCUT2D eigenvalue weighted by Crippen LogP contribution is 2.52. The summed E-state index contributed by atoms with van der Waals surface area (Å²) in [7, 11) is 0. The van der Waals surface area contributed by atoms with Gasteiger partial charge in [0.15, 0.2) is 0 Å². The van der Waals surface area contributed by atoms with Crippen LogP contribution < -0.4 is 0 Å². The highest BCUT2D eigenvalue weighted by Gasteiger charge is 2.46. The largest absolute Gasteiger partial charge is 0.393 e. The SMILES string of the molecule is CC(O)C1(CCc2ccccn2)CC1. The maximum Gasteiger partial charge on any atom is 0.0568 e. The van der Waals surface area contributed by atoms with Crippen molar-refractivity contribution in [2.75, 3.05) is 0 Å². The molecule has 0 saturated heterocycles. The Kier molecular flexibility index (Phi) is 2.55. The summed E-state index contributed by atoms with van der Waals surface area (Å²) in [5.74, 6) is 0. The molecule has 1 heterocycles. The van der Waals surface area contributed by atoms with Gasteiger partial charge in [-0.15, -0.1) is 0 Å². The molecule has 1 unspecified atom stereocenters. The first-order chi connectivity index (χ1) is 6.73.